The fourth-order valence-electron chi connectivity index (χ4n) is 1.68. The van der Waals surface area contributed by atoms with Crippen molar-refractivity contribution in [2.45, 2.75) is 13.3 Å². The van der Waals surface area contributed by atoms with Gasteiger partial charge in [-0.2, -0.15) is 5.10 Å². The van der Waals surface area contributed by atoms with Crippen LogP contribution in [-0.2, 0) is 0 Å². The van der Waals surface area contributed by atoms with Gasteiger partial charge in [0.1, 0.15) is 0 Å². The monoisotopic (exact) mass is 287 g/mol. The summed E-state index contributed by atoms with van der Waals surface area (Å²) in [6, 6.07) is 6.72. The Balaban J connectivity index is 2.70. The van der Waals surface area contributed by atoms with Crippen LogP contribution >= 0.6 is 11.6 Å². The maximum atomic E-state index is 12.8. The highest BCUT2D eigenvalue weighted by molar-refractivity contribution is 6.32. The lowest BCUT2D eigenvalue weighted by atomic mass is 10.2. The first-order valence-corrected chi connectivity index (χ1v) is 5.58. The zero-order valence-electron chi connectivity index (χ0n) is 9.68. The second-order valence-electron chi connectivity index (χ2n) is 3.78. The second kappa shape index (κ2) is 4.93. The first kappa shape index (κ1) is 13.4. The summed E-state index contributed by atoms with van der Waals surface area (Å²) < 4.78 is 26.5. The van der Waals surface area contributed by atoms with Gasteiger partial charge in [-0.25, -0.2) is 13.5 Å². The van der Waals surface area contributed by atoms with Gasteiger partial charge in [0.05, 0.1) is 10.6 Å². The van der Waals surface area contributed by atoms with Gasteiger partial charge in [0.15, 0.2) is 0 Å². The summed E-state index contributed by atoms with van der Waals surface area (Å²) >= 11 is 5.80. The summed E-state index contributed by atoms with van der Waals surface area (Å²) in [5, 5.41) is 13.9. The molecule has 0 fully saturated rings. The van der Waals surface area contributed by atoms with E-state index < -0.39 is 27.9 Å². The van der Waals surface area contributed by atoms with Crippen molar-refractivity contribution in [2.24, 2.45) is 0 Å². The molecule has 0 amide bonds. The van der Waals surface area contributed by atoms with E-state index in [4.69, 9.17) is 11.6 Å². The van der Waals surface area contributed by atoms with Crippen molar-refractivity contribution in [3.63, 3.8) is 0 Å². The van der Waals surface area contributed by atoms with E-state index in [0.717, 1.165) is 4.68 Å². The number of nitro groups is 1. The van der Waals surface area contributed by atoms with Crippen LogP contribution in [0.15, 0.2) is 24.3 Å². The molecule has 0 saturated carbocycles. The summed E-state index contributed by atoms with van der Waals surface area (Å²) in [5.41, 5.74) is -0.664. The Kier molecular flexibility index (Phi) is 3.48. The van der Waals surface area contributed by atoms with Crippen LogP contribution in [0, 0.1) is 17.0 Å². The van der Waals surface area contributed by atoms with Crippen LogP contribution in [0.2, 0.25) is 5.15 Å². The number of hydrogen-bond acceptors (Lipinski definition) is 3. The van der Waals surface area contributed by atoms with Gasteiger partial charge in [0.25, 0.3) is 6.43 Å². The molecule has 0 N–H and O–H groups in total. The molecule has 0 atom stereocenters. The highest BCUT2D eigenvalue weighted by atomic mass is 35.5. The molecule has 5 nitrogen and oxygen atoms in total. The average molecular weight is 288 g/mol. The number of aromatic nitrogens is 2. The molecule has 0 spiro atoms. The summed E-state index contributed by atoms with van der Waals surface area (Å²) in [6.07, 6.45) is -3.07. The summed E-state index contributed by atoms with van der Waals surface area (Å²) in [5.74, 6) is 0. The molecule has 0 aliphatic rings. The predicted molar refractivity (Wildman–Crippen MR) is 64.9 cm³/mol. The molecular formula is C11H8ClF2N3O2. The van der Waals surface area contributed by atoms with E-state index in [1.54, 1.807) is 31.2 Å². The number of nitrogens with zero attached hydrogens (tertiary/aromatic N) is 3. The van der Waals surface area contributed by atoms with Crippen molar-refractivity contribution >= 4 is 17.3 Å². The molecule has 1 aromatic carbocycles. The van der Waals surface area contributed by atoms with Crippen molar-refractivity contribution in [1.82, 2.24) is 9.78 Å². The van der Waals surface area contributed by atoms with Gasteiger partial charge in [-0.1, -0.05) is 29.8 Å². The van der Waals surface area contributed by atoms with Crippen LogP contribution in [-0.4, -0.2) is 14.7 Å². The van der Waals surface area contributed by atoms with E-state index in [9.17, 15) is 18.9 Å². The van der Waals surface area contributed by atoms with Crippen LogP contribution < -0.4 is 0 Å². The molecule has 8 heteroatoms. The minimum absolute atomic E-state index is 0.419. The normalized spacial score (nSPS) is 11.0. The number of halogens is 3. The van der Waals surface area contributed by atoms with E-state index >= 15 is 0 Å². The van der Waals surface area contributed by atoms with Gasteiger partial charge in [0, 0.05) is 0 Å². The molecule has 0 radical (unpaired) electrons. The Hall–Kier alpha value is -2.02. The first-order valence-electron chi connectivity index (χ1n) is 5.20. The van der Waals surface area contributed by atoms with Gasteiger partial charge in [-0.05, 0) is 18.6 Å². The van der Waals surface area contributed by atoms with Crippen LogP contribution in [0.25, 0.3) is 5.69 Å². The van der Waals surface area contributed by atoms with E-state index in [1.165, 1.54) is 0 Å². The fourth-order valence-corrected chi connectivity index (χ4v) is 1.98. The fraction of sp³-hybridized carbons (Fsp3) is 0.182. The van der Waals surface area contributed by atoms with E-state index in [-0.39, 0.29) is 0 Å². The lowest BCUT2D eigenvalue weighted by molar-refractivity contribution is -0.386. The maximum Gasteiger partial charge on any atom is 0.335 e. The Morgan fingerprint density at radius 2 is 2.05 bits per heavy atom. The standard InChI is InChI=1S/C11H8ClF2N3O2/c1-6-4-2-3-5-7(6)16-10(12)9(17(18)19)8(15-16)11(13)14/h2-5,11H,1H3. The quantitative estimate of drug-likeness (QED) is 0.639. The SMILES string of the molecule is Cc1ccccc1-n1nc(C(F)F)c([N+](=O)[O-])c1Cl. The third kappa shape index (κ3) is 2.28. The highest BCUT2D eigenvalue weighted by Crippen LogP contribution is 2.36. The molecule has 0 bridgehead atoms. The topological polar surface area (TPSA) is 61.0 Å². The number of hydrogen-bond donors (Lipinski definition) is 0. The van der Waals surface area contributed by atoms with Crippen LogP contribution in [0.1, 0.15) is 17.7 Å². The van der Waals surface area contributed by atoms with E-state index in [2.05, 4.69) is 5.10 Å². The molecule has 0 aliphatic carbocycles. The van der Waals surface area contributed by atoms with Crippen molar-refractivity contribution in [1.29, 1.82) is 0 Å². The molecule has 0 saturated heterocycles. The number of rotatable bonds is 3. The molecule has 2 aromatic rings. The van der Waals surface area contributed by atoms with Crippen molar-refractivity contribution in [2.75, 3.05) is 0 Å². The molecule has 1 aromatic heterocycles. The number of alkyl halides is 2. The third-order valence-corrected chi connectivity index (χ3v) is 2.90. The Morgan fingerprint density at radius 1 is 1.42 bits per heavy atom. The van der Waals surface area contributed by atoms with E-state index in [0.29, 0.717) is 11.3 Å². The van der Waals surface area contributed by atoms with Gasteiger partial charge in [-0.3, -0.25) is 10.1 Å². The van der Waals surface area contributed by atoms with Gasteiger partial charge >= 0.3 is 5.69 Å². The molecule has 1 heterocycles. The minimum atomic E-state index is -3.07. The number of para-hydroxylation sites is 1. The third-order valence-electron chi connectivity index (χ3n) is 2.56. The second-order valence-corrected chi connectivity index (χ2v) is 4.14. The zero-order chi connectivity index (χ0) is 14.2. The molecule has 19 heavy (non-hydrogen) atoms. The first-order chi connectivity index (χ1) is 8.93. The number of benzene rings is 1. The lowest BCUT2D eigenvalue weighted by Crippen LogP contribution is -1.99. The van der Waals surface area contributed by atoms with Crippen molar-refractivity contribution in [3.05, 3.63) is 50.8 Å². The van der Waals surface area contributed by atoms with Crippen LogP contribution in [0.3, 0.4) is 0 Å². The molecule has 100 valence electrons. The summed E-state index contributed by atoms with van der Waals surface area (Å²) in [6.45, 7) is 1.72. The zero-order valence-corrected chi connectivity index (χ0v) is 10.4. The average Bonchev–Trinajstić information content (AvgIpc) is 2.68. The minimum Gasteiger partial charge on any atom is -0.258 e. The Labute approximate surface area is 111 Å². The molecular weight excluding hydrogens is 280 g/mol. The largest absolute Gasteiger partial charge is 0.335 e. The lowest BCUT2D eigenvalue weighted by Gasteiger charge is -2.05. The summed E-state index contributed by atoms with van der Waals surface area (Å²) in [4.78, 5) is 9.86. The van der Waals surface area contributed by atoms with Crippen molar-refractivity contribution in [3.8, 4) is 5.69 Å². The van der Waals surface area contributed by atoms with Gasteiger partial charge < -0.3 is 0 Å². The van der Waals surface area contributed by atoms with Crippen molar-refractivity contribution < 1.29 is 13.7 Å². The highest BCUT2D eigenvalue weighted by Gasteiger charge is 2.32. The van der Waals surface area contributed by atoms with Crippen LogP contribution in [0.4, 0.5) is 14.5 Å². The van der Waals surface area contributed by atoms with Gasteiger partial charge in [0.2, 0.25) is 10.8 Å². The van der Waals surface area contributed by atoms with Crippen LogP contribution in [0.5, 0.6) is 0 Å². The van der Waals surface area contributed by atoms with E-state index in [1.807, 2.05) is 0 Å². The Bertz CT molecular complexity index is 643. The smallest absolute Gasteiger partial charge is 0.258 e. The molecule has 0 aliphatic heterocycles. The maximum absolute atomic E-state index is 12.8. The predicted octanol–water partition coefficient (Wildman–Crippen LogP) is 3.68. The molecule has 0 unspecified atom stereocenters. The molecule has 2 rings (SSSR count). The summed E-state index contributed by atoms with van der Waals surface area (Å²) in [7, 11) is 0. The van der Waals surface area contributed by atoms with Gasteiger partial charge in [-0.15, -0.1) is 0 Å². The number of aryl methyl sites for hydroxylation is 1. The Morgan fingerprint density at radius 3 is 2.53 bits per heavy atom.